The van der Waals surface area contributed by atoms with Gasteiger partial charge in [-0.25, -0.2) is 0 Å². The summed E-state index contributed by atoms with van der Waals surface area (Å²) in [6.07, 6.45) is 0. The van der Waals surface area contributed by atoms with Crippen molar-refractivity contribution in [2.75, 3.05) is 31.3 Å². The van der Waals surface area contributed by atoms with Crippen molar-refractivity contribution in [3.8, 4) is 5.75 Å². The molecule has 2 aromatic carbocycles. The van der Waals surface area contributed by atoms with E-state index in [1.54, 1.807) is 12.1 Å². The lowest BCUT2D eigenvalue weighted by Gasteiger charge is -2.22. The van der Waals surface area contributed by atoms with Crippen molar-refractivity contribution >= 4 is 34.8 Å². The zero-order chi connectivity index (χ0) is 18.3. The second kappa shape index (κ2) is 6.74. The van der Waals surface area contributed by atoms with Crippen molar-refractivity contribution in [2.45, 2.75) is 12.7 Å². The number of nitrogens with zero attached hydrogens (tertiary/aromatic N) is 1. The van der Waals surface area contributed by atoms with Crippen LogP contribution in [0.25, 0.3) is 0 Å². The molecule has 0 bridgehead atoms. The van der Waals surface area contributed by atoms with Crippen molar-refractivity contribution in [1.29, 1.82) is 0 Å². The van der Waals surface area contributed by atoms with Crippen LogP contribution in [0.3, 0.4) is 0 Å². The summed E-state index contributed by atoms with van der Waals surface area (Å²) in [4.78, 5) is 14.6. The van der Waals surface area contributed by atoms with E-state index >= 15 is 0 Å². The van der Waals surface area contributed by atoms with Crippen molar-refractivity contribution in [3.63, 3.8) is 0 Å². The molecule has 0 unspecified atom stereocenters. The van der Waals surface area contributed by atoms with Crippen LogP contribution < -0.4 is 9.64 Å². The maximum Gasteiger partial charge on any atom is 0.292 e. The minimum atomic E-state index is -1.50. The van der Waals surface area contributed by atoms with Crippen LogP contribution in [0.2, 0.25) is 10.0 Å². The van der Waals surface area contributed by atoms with Gasteiger partial charge in [0.25, 0.3) is 11.7 Å². The number of ether oxygens (including phenoxy) is 3. The second-order valence-corrected chi connectivity index (χ2v) is 7.00. The highest BCUT2D eigenvalue weighted by molar-refractivity contribution is 6.38. The summed E-state index contributed by atoms with van der Waals surface area (Å²) in [7, 11) is 0. The van der Waals surface area contributed by atoms with Gasteiger partial charge in [0.05, 0.1) is 41.1 Å². The van der Waals surface area contributed by atoms with Gasteiger partial charge in [-0.2, -0.15) is 0 Å². The quantitative estimate of drug-likeness (QED) is 0.789. The maximum atomic E-state index is 13.1. The topological polar surface area (TPSA) is 48.0 Å². The Bertz CT molecular complexity index is 847. The smallest absolute Gasteiger partial charge is 0.292 e. The summed E-state index contributed by atoms with van der Waals surface area (Å²) in [6, 6.07) is 11.0. The van der Waals surface area contributed by atoms with Crippen molar-refractivity contribution in [3.05, 3.63) is 57.6 Å². The molecule has 2 aliphatic rings. The van der Waals surface area contributed by atoms with Crippen LogP contribution in [-0.2, 0) is 20.1 Å². The van der Waals surface area contributed by atoms with E-state index in [4.69, 9.17) is 37.4 Å². The number of anilines is 1. The number of halogens is 2. The highest BCUT2D eigenvalue weighted by atomic mass is 35.5. The Morgan fingerprint density at radius 3 is 2.42 bits per heavy atom. The van der Waals surface area contributed by atoms with Crippen LogP contribution >= 0.6 is 23.2 Å². The molecule has 0 N–H and O–H groups in total. The molecular formula is C19H17Cl2NO4. The highest BCUT2D eigenvalue weighted by Crippen LogP contribution is 2.51. The lowest BCUT2D eigenvalue weighted by atomic mass is 10.1. The molecule has 1 amide bonds. The minimum Gasteiger partial charge on any atom is -0.492 e. The number of carbonyl (C=O) groups is 1. The predicted molar refractivity (Wildman–Crippen MR) is 99.1 cm³/mol. The predicted octanol–water partition coefficient (Wildman–Crippen LogP) is 3.93. The molecule has 136 valence electrons. The van der Waals surface area contributed by atoms with Gasteiger partial charge in [-0.3, -0.25) is 4.79 Å². The summed E-state index contributed by atoms with van der Waals surface area (Å²) in [5.74, 6) is -1.09. The number of aryl methyl sites for hydroxylation is 1. The molecule has 1 spiro atoms. The van der Waals surface area contributed by atoms with Crippen molar-refractivity contribution < 1.29 is 19.0 Å². The number of rotatable bonds is 4. The van der Waals surface area contributed by atoms with Gasteiger partial charge in [-0.1, -0.05) is 40.9 Å². The third-order valence-electron chi connectivity index (χ3n) is 4.50. The van der Waals surface area contributed by atoms with Gasteiger partial charge in [-0.15, -0.1) is 0 Å². The monoisotopic (exact) mass is 393 g/mol. The highest BCUT2D eigenvalue weighted by Gasteiger charge is 2.57. The van der Waals surface area contributed by atoms with E-state index < -0.39 is 5.79 Å². The summed E-state index contributed by atoms with van der Waals surface area (Å²) in [6.45, 7) is 3.25. The van der Waals surface area contributed by atoms with Crippen LogP contribution in [0, 0.1) is 6.92 Å². The molecule has 0 atom stereocenters. The molecule has 2 aliphatic heterocycles. The lowest BCUT2D eigenvalue weighted by molar-refractivity contribution is -0.180. The fourth-order valence-electron chi connectivity index (χ4n) is 3.29. The van der Waals surface area contributed by atoms with E-state index in [1.165, 1.54) is 4.90 Å². The van der Waals surface area contributed by atoms with Gasteiger partial charge in [-0.05, 0) is 31.2 Å². The van der Waals surface area contributed by atoms with Gasteiger partial charge in [0.15, 0.2) is 0 Å². The standard InChI is InChI=1S/C19H17Cl2NO4/c1-12-2-4-13(5-3-12)24-9-8-22-17-15(21)7-6-14(20)16(17)19(18(22)23)25-10-11-26-19/h2-7H,8-11H2,1H3. The average molecular weight is 394 g/mol. The van der Waals surface area contributed by atoms with E-state index in [0.717, 1.165) is 11.3 Å². The number of fused-ring (bicyclic) bond motifs is 2. The van der Waals surface area contributed by atoms with Gasteiger partial charge >= 0.3 is 0 Å². The molecule has 2 heterocycles. The van der Waals surface area contributed by atoms with Gasteiger partial charge in [0.1, 0.15) is 12.4 Å². The summed E-state index contributed by atoms with van der Waals surface area (Å²) in [5.41, 5.74) is 2.16. The molecular weight excluding hydrogens is 377 g/mol. The first-order valence-corrected chi connectivity index (χ1v) is 9.06. The third-order valence-corrected chi connectivity index (χ3v) is 5.12. The van der Waals surface area contributed by atoms with E-state index in [9.17, 15) is 4.79 Å². The molecule has 2 aromatic rings. The Balaban J connectivity index is 1.60. The van der Waals surface area contributed by atoms with Crippen molar-refractivity contribution in [2.24, 2.45) is 0 Å². The van der Waals surface area contributed by atoms with Gasteiger partial charge < -0.3 is 19.1 Å². The molecule has 26 heavy (non-hydrogen) atoms. The van der Waals surface area contributed by atoms with E-state index in [1.807, 2.05) is 31.2 Å². The number of hydrogen-bond donors (Lipinski definition) is 0. The van der Waals surface area contributed by atoms with Crippen LogP contribution in [0.4, 0.5) is 5.69 Å². The van der Waals surface area contributed by atoms with E-state index in [0.29, 0.717) is 47.7 Å². The fraction of sp³-hybridized carbons (Fsp3) is 0.316. The molecule has 5 nitrogen and oxygen atoms in total. The number of amides is 1. The zero-order valence-corrected chi connectivity index (χ0v) is 15.6. The average Bonchev–Trinajstić information content (AvgIpc) is 3.21. The molecule has 0 aliphatic carbocycles. The lowest BCUT2D eigenvalue weighted by Crippen LogP contribution is -2.42. The van der Waals surface area contributed by atoms with Gasteiger partial charge in [0, 0.05) is 0 Å². The van der Waals surface area contributed by atoms with Crippen molar-refractivity contribution in [1.82, 2.24) is 0 Å². The van der Waals surface area contributed by atoms with Crippen LogP contribution in [0.1, 0.15) is 11.1 Å². The largest absolute Gasteiger partial charge is 0.492 e. The molecule has 4 rings (SSSR count). The Labute approximate surface area is 161 Å². The summed E-state index contributed by atoms with van der Waals surface area (Å²) < 4.78 is 17.1. The molecule has 0 saturated carbocycles. The fourth-order valence-corrected chi connectivity index (χ4v) is 3.82. The molecule has 0 radical (unpaired) electrons. The SMILES string of the molecule is Cc1ccc(OCCN2C(=O)C3(OCCO3)c3c(Cl)ccc(Cl)c32)cc1. The molecule has 1 fully saturated rings. The normalized spacial score (nSPS) is 17.8. The Hall–Kier alpha value is -1.79. The van der Waals surface area contributed by atoms with Crippen LogP contribution in [0.5, 0.6) is 5.75 Å². The minimum absolute atomic E-state index is 0.299. The zero-order valence-electron chi connectivity index (χ0n) is 14.1. The molecule has 1 saturated heterocycles. The van der Waals surface area contributed by atoms with E-state index in [2.05, 4.69) is 0 Å². The Morgan fingerprint density at radius 2 is 1.73 bits per heavy atom. The van der Waals surface area contributed by atoms with Crippen LogP contribution in [-0.4, -0.2) is 32.3 Å². The summed E-state index contributed by atoms with van der Waals surface area (Å²) >= 11 is 12.7. The third kappa shape index (κ3) is 2.76. The second-order valence-electron chi connectivity index (χ2n) is 6.18. The Kier molecular flexibility index (Phi) is 4.57. The Morgan fingerprint density at radius 1 is 1.08 bits per heavy atom. The van der Waals surface area contributed by atoms with Crippen LogP contribution in [0.15, 0.2) is 36.4 Å². The number of benzene rings is 2. The molecule has 7 heteroatoms. The van der Waals surface area contributed by atoms with Gasteiger partial charge in [0.2, 0.25) is 0 Å². The number of hydrogen-bond acceptors (Lipinski definition) is 4. The first kappa shape index (κ1) is 17.6. The number of carbonyl (C=O) groups excluding carboxylic acids is 1. The molecule has 0 aromatic heterocycles. The van der Waals surface area contributed by atoms with E-state index in [-0.39, 0.29) is 5.91 Å². The first-order valence-electron chi connectivity index (χ1n) is 8.31. The first-order chi connectivity index (χ1) is 12.5. The summed E-state index contributed by atoms with van der Waals surface area (Å²) in [5, 5.41) is 0.811. The maximum absolute atomic E-state index is 13.1.